The molecular weight excluding hydrogens is 401 g/mol. The van der Waals surface area contributed by atoms with Crippen LogP contribution in [0.15, 0.2) is 67.0 Å². The first-order valence-corrected chi connectivity index (χ1v) is 9.38. The van der Waals surface area contributed by atoms with Gasteiger partial charge in [-0.2, -0.15) is 5.10 Å². The third kappa shape index (κ3) is 5.04. The van der Waals surface area contributed by atoms with Gasteiger partial charge < -0.3 is 15.2 Å². The minimum Gasteiger partial charge on any atom is -0.489 e. The maximum atomic E-state index is 12.8. The number of hydrogen-bond acceptors (Lipinski definition) is 4. The van der Waals surface area contributed by atoms with Crippen molar-refractivity contribution in [1.29, 1.82) is 0 Å². The Hall–Kier alpha value is -2.54. The molecule has 28 heavy (non-hydrogen) atoms. The van der Waals surface area contributed by atoms with E-state index in [9.17, 15) is 9.90 Å². The summed E-state index contributed by atoms with van der Waals surface area (Å²) in [7, 11) is 0. The Labute approximate surface area is 172 Å². The molecular formula is C20H19Cl2N3O3. The molecule has 0 aliphatic heterocycles. The van der Waals surface area contributed by atoms with E-state index in [2.05, 4.69) is 10.4 Å². The van der Waals surface area contributed by atoms with Crippen molar-refractivity contribution in [3.8, 4) is 5.75 Å². The van der Waals surface area contributed by atoms with Crippen LogP contribution in [0.1, 0.15) is 11.6 Å². The van der Waals surface area contributed by atoms with Crippen LogP contribution in [0, 0.1) is 0 Å². The molecule has 2 N–H and O–H groups in total. The molecule has 0 spiro atoms. The molecule has 2 unspecified atom stereocenters. The van der Waals surface area contributed by atoms with E-state index in [1.54, 1.807) is 41.3 Å². The molecule has 0 bridgehead atoms. The van der Waals surface area contributed by atoms with E-state index in [1.165, 1.54) is 0 Å². The minimum atomic E-state index is -0.923. The van der Waals surface area contributed by atoms with Gasteiger partial charge in [0.2, 0.25) is 5.91 Å². The van der Waals surface area contributed by atoms with Crippen molar-refractivity contribution >= 4 is 29.1 Å². The molecule has 1 amide bonds. The highest BCUT2D eigenvalue weighted by atomic mass is 35.5. The van der Waals surface area contributed by atoms with Gasteiger partial charge in [-0.15, -0.1) is 0 Å². The Kier molecular flexibility index (Phi) is 6.92. The summed E-state index contributed by atoms with van der Waals surface area (Å²) in [6.45, 7) is -0.0280. The summed E-state index contributed by atoms with van der Waals surface area (Å²) in [5.41, 5.74) is 0.792. The van der Waals surface area contributed by atoms with Crippen LogP contribution in [0.5, 0.6) is 5.75 Å². The summed E-state index contributed by atoms with van der Waals surface area (Å²) in [6.07, 6.45) is 2.41. The van der Waals surface area contributed by atoms with Crippen LogP contribution in [0.4, 0.5) is 0 Å². The second kappa shape index (κ2) is 9.59. The number of ether oxygens (including phenoxy) is 1. The van der Waals surface area contributed by atoms with Gasteiger partial charge in [0, 0.05) is 18.9 Å². The summed E-state index contributed by atoms with van der Waals surface area (Å²) in [6, 6.07) is 15.4. The van der Waals surface area contributed by atoms with Crippen LogP contribution in [0.25, 0.3) is 0 Å². The quantitative estimate of drug-likeness (QED) is 0.586. The third-order valence-corrected chi connectivity index (χ3v) is 4.81. The van der Waals surface area contributed by atoms with Gasteiger partial charge in [0.15, 0.2) is 6.04 Å². The number of carbonyl (C=O) groups excluding carboxylic acids is 1. The molecule has 1 aromatic heterocycles. The monoisotopic (exact) mass is 419 g/mol. The second-order valence-electron chi connectivity index (χ2n) is 6.06. The average Bonchev–Trinajstić information content (AvgIpc) is 3.23. The standard InChI is InChI=1S/C20H19Cl2N3O3/c21-16-8-4-9-17(18(16)22)28-13-15(26)12-23-20(27)19(25-11-5-10-24-25)14-6-2-1-3-7-14/h1-11,15,19,26H,12-13H2,(H,23,27). The van der Waals surface area contributed by atoms with Crippen molar-refractivity contribution in [2.24, 2.45) is 0 Å². The largest absolute Gasteiger partial charge is 0.489 e. The Morgan fingerprint density at radius 1 is 1.14 bits per heavy atom. The van der Waals surface area contributed by atoms with Crippen molar-refractivity contribution in [1.82, 2.24) is 15.1 Å². The molecule has 0 fully saturated rings. The highest BCUT2D eigenvalue weighted by molar-refractivity contribution is 6.42. The van der Waals surface area contributed by atoms with E-state index in [0.29, 0.717) is 10.8 Å². The lowest BCUT2D eigenvalue weighted by Gasteiger charge is -2.19. The first-order chi connectivity index (χ1) is 13.6. The molecule has 6 nitrogen and oxygen atoms in total. The lowest BCUT2D eigenvalue weighted by molar-refractivity contribution is -0.124. The molecule has 0 aliphatic rings. The zero-order chi connectivity index (χ0) is 19.9. The van der Waals surface area contributed by atoms with E-state index in [1.807, 2.05) is 30.3 Å². The first kappa shape index (κ1) is 20.2. The number of nitrogens with one attached hydrogen (secondary N) is 1. The van der Waals surface area contributed by atoms with E-state index < -0.39 is 12.1 Å². The van der Waals surface area contributed by atoms with Crippen LogP contribution in [-0.2, 0) is 4.79 Å². The molecule has 0 saturated heterocycles. The van der Waals surface area contributed by atoms with Crippen LogP contribution in [0.2, 0.25) is 10.0 Å². The van der Waals surface area contributed by atoms with E-state index in [-0.39, 0.29) is 24.1 Å². The summed E-state index contributed by atoms with van der Waals surface area (Å²) in [4.78, 5) is 12.8. The van der Waals surface area contributed by atoms with Gasteiger partial charge >= 0.3 is 0 Å². The number of nitrogens with zero attached hydrogens (tertiary/aromatic N) is 2. The minimum absolute atomic E-state index is 0.0155. The fraction of sp³-hybridized carbons (Fsp3) is 0.200. The molecule has 3 aromatic rings. The number of aliphatic hydroxyl groups excluding tert-OH is 1. The number of amides is 1. The number of hydrogen-bond donors (Lipinski definition) is 2. The number of aliphatic hydroxyl groups is 1. The van der Waals surface area contributed by atoms with Crippen molar-refractivity contribution in [3.63, 3.8) is 0 Å². The van der Waals surface area contributed by atoms with Crippen LogP contribution >= 0.6 is 23.2 Å². The highest BCUT2D eigenvalue weighted by Crippen LogP contribution is 2.31. The molecule has 8 heteroatoms. The van der Waals surface area contributed by atoms with Gasteiger partial charge in [0.1, 0.15) is 23.5 Å². The van der Waals surface area contributed by atoms with Crippen molar-refractivity contribution < 1.29 is 14.6 Å². The molecule has 1 heterocycles. The van der Waals surface area contributed by atoms with Gasteiger partial charge in [-0.25, -0.2) is 0 Å². The molecule has 146 valence electrons. The first-order valence-electron chi connectivity index (χ1n) is 8.63. The molecule has 0 saturated carbocycles. The molecule has 0 aliphatic carbocycles. The lowest BCUT2D eigenvalue weighted by Crippen LogP contribution is -2.39. The van der Waals surface area contributed by atoms with E-state index >= 15 is 0 Å². The van der Waals surface area contributed by atoms with Gasteiger partial charge in [-0.05, 0) is 23.8 Å². The van der Waals surface area contributed by atoms with Gasteiger partial charge in [-0.1, -0.05) is 59.6 Å². The van der Waals surface area contributed by atoms with Crippen LogP contribution < -0.4 is 10.1 Å². The Bertz CT molecular complexity index is 904. The van der Waals surface area contributed by atoms with Gasteiger partial charge in [-0.3, -0.25) is 9.48 Å². The fourth-order valence-electron chi connectivity index (χ4n) is 2.65. The number of carbonyl (C=O) groups is 1. The van der Waals surface area contributed by atoms with E-state index in [4.69, 9.17) is 27.9 Å². The Morgan fingerprint density at radius 2 is 1.93 bits per heavy atom. The predicted octanol–water partition coefficient (Wildman–Crippen LogP) is 3.34. The maximum absolute atomic E-state index is 12.8. The number of benzene rings is 2. The van der Waals surface area contributed by atoms with Crippen molar-refractivity contribution in [2.45, 2.75) is 12.1 Å². The van der Waals surface area contributed by atoms with Crippen molar-refractivity contribution in [2.75, 3.05) is 13.2 Å². The molecule has 0 radical (unpaired) electrons. The normalized spacial score (nSPS) is 13.0. The SMILES string of the molecule is O=C(NCC(O)COc1cccc(Cl)c1Cl)C(c1ccccc1)n1cccn1. The predicted molar refractivity (Wildman–Crippen MR) is 108 cm³/mol. The summed E-state index contributed by atoms with van der Waals surface area (Å²) >= 11 is 12.0. The van der Waals surface area contributed by atoms with Crippen molar-refractivity contribution in [3.05, 3.63) is 82.6 Å². The highest BCUT2D eigenvalue weighted by Gasteiger charge is 2.23. The zero-order valence-corrected chi connectivity index (χ0v) is 16.3. The number of aromatic nitrogens is 2. The van der Waals surface area contributed by atoms with Gasteiger partial charge in [0.05, 0.1) is 5.02 Å². The smallest absolute Gasteiger partial charge is 0.249 e. The molecule has 2 atom stereocenters. The zero-order valence-electron chi connectivity index (χ0n) is 14.8. The third-order valence-electron chi connectivity index (χ3n) is 4.01. The Morgan fingerprint density at radius 3 is 2.64 bits per heavy atom. The lowest BCUT2D eigenvalue weighted by atomic mass is 10.1. The maximum Gasteiger partial charge on any atom is 0.249 e. The second-order valence-corrected chi connectivity index (χ2v) is 6.85. The van der Waals surface area contributed by atoms with Gasteiger partial charge in [0.25, 0.3) is 0 Å². The molecule has 3 rings (SSSR count). The van der Waals surface area contributed by atoms with Crippen LogP contribution in [-0.4, -0.2) is 40.0 Å². The van der Waals surface area contributed by atoms with Crippen LogP contribution in [0.3, 0.4) is 0 Å². The number of halogens is 2. The molecule has 2 aromatic carbocycles. The topological polar surface area (TPSA) is 76.4 Å². The Balaban J connectivity index is 1.59. The summed E-state index contributed by atoms with van der Waals surface area (Å²) < 4.78 is 7.06. The fourth-order valence-corrected chi connectivity index (χ4v) is 2.99. The number of rotatable bonds is 8. The average molecular weight is 420 g/mol. The van der Waals surface area contributed by atoms with E-state index in [0.717, 1.165) is 5.56 Å². The summed E-state index contributed by atoms with van der Waals surface area (Å²) in [5, 5.41) is 17.7. The summed E-state index contributed by atoms with van der Waals surface area (Å²) in [5.74, 6) is 0.0907.